The van der Waals surface area contributed by atoms with E-state index in [1.807, 2.05) is 18.2 Å². The molecule has 3 N–H and O–H groups in total. The van der Waals surface area contributed by atoms with E-state index in [1.165, 1.54) is 6.42 Å². The monoisotopic (exact) mass is 277 g/mol. The number of hydrogen-bond donors (Lipinski definition) is 3. The van der Waals surface area contributed by atoms with Crippen LogP contribution >= 0.6 is 0 Å². The molecular weight excluding hydrogens is 250 g/mol. The molecular formula is C17H27NO2. The summed E-state index contributed by atoms with van der Waals surface area (Å²) < 4.78 is 0. The first-order chi connectivity index (χ1) is 9.54. The van der Waals surface area contributed by atoms with Gasteiger partial charge in [0.2, 0.25) is 0 Å². The highest BCUT2D eigenvalue weighted by atomic mass is 16.3. The molecule has 0 radical (unpaired) electrons. The fourth-order valence-corrected chi connectivity index (χ4v) is 3.36. The van der Waals surface area contributed by atoms with Crippen LogP contribution in [0.25, 0.3) is 0 Å². The zero-order valence-corrected chi connectivity index (χ0v) is 12.6. The third-order valence-electron chi connectivity index (χ3n) is 4.47. The highest BCUT2D eigenvalue weighted by Crippen LogP contribution is 2.33. The highest BCUT2D eigenvalue weighted by Gasteiger charge is 2.33. The summed E-state index contributed by atoms with van der Waals surface area (Å²) in [5.74, 6) is 0.927. The van der Waals surface area contributed by atoms with E-state index in [-0.39, 0.29) is 6.04 Å². The van der Waals surface area contributed by atoms with E-state index in [1.54, 1.807) is 6.07 Å². The van der Waals surface area contributed by atoms with Gasteiger partial charge in [0, 0.05) is 18.2 Å². The fourth-order valence-electron chi connectivity index (χ4n) is 3.36. The van der Waals surface area contributed by atoms with Crippen molar-refractivity contribution in [3.05, 3.63) is 29.8 Å². The number of benzene rings is 1. The van der Waals surface area contributed by atoms with Crippen molar-refractivity contribution in [3.63, 3.8) is 0 Å². The summed E-state index contributed by atoms with van der Waals surface area (Å²) in [5, 5.41) is 24.1. The van der Waals surface area contributed by atoms with Gasteiger partial charge in [-0.15, -0.1) is 0 Å². The first-order valence-corrected chi connectivity index (χ1v) is 7.78. The number of aliphatic hydroxyl groups is 1. The van der Waals surface area contributed by atoms with Crippen molar-refractivity contribution < 1.29 is 10.2 Å². The van der Waals surface area contributed by atoms with Crippen molar-refractivity contribution in [1.29, 1.82) is 0 Å². The van der Waals surface area contributed by atoms with Gasteiger partial charge in [-0.2, -0.15) is 0 Å². The van der Waals surface area contributed by atoms with Gasteiger partial charge in [0.25, 0.3) is 0 Å². The summed E-state index contributed by atoms with van der Waals surface area (Å²) in [5.41, 5.74) is 0.331. The van der Waals surface area contributed by atoms with Crippen LogP contribution in [0.3, 0.4) is 0 Å². The number of phenols is 1. The molecule has 0 aromatic heterocycles. The Morgan fingerprint density at radius 1 is 1.40 bits per heavy atom. The second-order valence-electron chi connectivity index (χ2n) is 6.33. The lowest BCUT2D eigenvalue weighted by molar-refractivity contribution is -0.0139. The van der Waals surface area contributed by atoms with E-state index in [4.69, 9.17) is 0 Å². The molecule has 1 saturated carbocycles. The molecule has 3 heteroatoms. The molecule has 3 unspecified atom stereocenters. The molecule has 1 aromatic rings. The van der Waals surface area contributed by atoms with Crippen molar-refractivity contribution in [2.75, 3.05) is 6.54 Å². The average Bonchev–Trinajstić information content (AvgIpc) is 2.41. The fraction of sp³-hybridized carbons (Fsp3) is 0.647. The predicted molar refractivity (Wildman–Crippen MR) is 81.7 cm³/mol. The van der Waals surface area contributed by atoms with Gasteiger partial charge < -0.3 is 15.5 Å². The van der Waals surface area contributed by atoms with Gasteiger partial charge in [-0.1, -0.05) is 44.9 Å². The Hall–Kier alpha value is -1.06. The van der Waals surface area contributed by atoms with Crippen molar-refractivity contribution in [3.8, 4) is 5.75 Å². The van der Waals surface area contributed by atoms with E-state index in [0.29, 0.717) is 18.2 Å². The van der Waals surface area contributed by atoms with Crippen LogP contribution in [-0.2, 0) is 0 Å². The lowest BCUT2D eigenvalue weighted by Crippen LogP contribution is -2.45. The molecule has 0 heterocycles. The number of aromatic hydroxyl groups is 1. The minimum absolute atomic E-state index is 0.0949. The van der Waals surface area contributed by atoms with E-state index >= 15 is 0 Å². The van der Waals surface area contributed by atoms with Gasteiger partial charge >= 0.3 is 0 Å². The smallest absolute Gasteiger partial charge is 0.120 e. The molecule has 1 aliphatic rings. The summed E-state index contributed by atoms with van der Waals surface area (Å²) in [6.07, 6.45) is 4.97. The zero-order valence-electron chi connectivity index (χ0n) is 12.6. The Bertz CT molecular complexity index is 435. The Labute approximate surface area is 122 Å². The lowest BCUT2D eigenvalue weighted by atomic mass is 9.78. The third kappa shape index (κ3) is 3.74. The highest BCUT2D eigenvalue weighted by molar-refractivity contribution is 5.34. The molecule has 112 valence electrons. The topological polar surface area (TPSA) is 52.5 Å². The zero-order chi connectivity index (χ0) is 14.6. The summed E-state index contributed by atoms with van der Waals surface area (Å²) in [6.45, 7) is 4.91. The molecule has 0 aliphatic heterocycles. The molecule has 0 amide bonds. The molecule has 0 spiro atoms. The van der Waals surface area contributed by atoms with Crippen molar-refractivity contribution in [2.45, 2.75) is 57.6 Å². The predicted octanol–water partition coefficient (Wildman–Crippen LogP) is 3.37. The molecule has 20 heavy (non-hydrogen) atoms. The molecule has 1 aromatic carbocycles. The Balaban J connectivity index is 1.99. The van der Waals surface area contributed by atoms with Crippen LogP contribution in [0.2, 0.25) is 0 Å². The van der Waals surface area contributed by atoms with E-state index < -0.39 is 5.60 Å². The molecule has 1 aliphatic carbocycles. The summed E-state index contributed by atoms with van der Waals surface area (Å²) in [6, 6.07) is 7.54. The maximum atomic E-state index is 10.7. The maximum Gasteiger partial charge on any atom is 0.120 e. The average molecular weight is 277 g/mol. The number of nitrogens with one attached hydrogen (secondary N) is 1. The lowest BCUT2D eigenvalue weighted by Gasteiger charge is -2.37. The molecule has 3 nitrogen and oxygen atoms in total. The number of phenolic OH excluding ortho intramolecular Hbond substituents is 1. The van der Waals surface area contributed by atoms with E-state index in [0.717, 1.165) is 31.2 Å². The second-order valence-corrected chi connectivity index (χ2v) is 6.33. The Kier molecular flexibility index (Phi) is 5.06. The standard InChI is InChI=1S/C17H27NO2/c1-3-15(14-8-4-5-9-16(14)19)18-12-17(20)10-6-7-13(2)11-17/h4-5,8-9,13,15,18-20H,3,6-7,10-12H2,1-2H3. The first kappa shape index (κ1) is 15.3. The third-order valence-corrected chi connectivity index (χ3v) is 4.47. The van der Waals surface area contributed by atoms with E-state index in [2.05, 4.69) is 19.2 Å². The van der Waals surface area contributed by atoms with Crippen LogP contribution in [0.4, 0.5) is 0 Å². The van der Waals surface area contributed by atoms with Gasteiger partial charge in [-0.3, -0.25) is 0 Å². The number of para-hydroxylation sites is 1. The van der Waals surface area contributed by atoms with Gasteiger partial charge in [-0.05, 0) is 31.2 Å². The number of rotatable bonds is 5. The molecule has 0 saturated heterocycles. The number of hydrogen-bond acceptors (Lipinski definition) is 3. The minimum Gasteiger partial charge on any atom is -0.508 e. The van der Waals surface area contributed by atoms with Crippen LogP contribution in [-0.4, -0.2) is 22.4 Å². The summed E-state index contributed by atoms with van der Waals surface area (Å²) in [4.78, 5) is 0. The van der Waals surface area contributed by atoms with Gasteiger partial charge in [-0.25, -0.2) is 0 Å². The second kappa shape index (κ2) is 6.59. The van der Waals surface area contributed by atoms with Crippen molar-refractivity contribution in [2.24, 2.45) is 5.92 Å². The largest absolute Gasteiger partial charge is 0.508 e. The van der Waals surface area contributed by atoms with Gasteiger partial charge in [0.15, 0.2) is 0 Å². The Morgan fingerprint density at radius 2 is 2.15 bits per heavy atom. The van der Waals surface area contributed by atoms with E-state index in [9.17, 15) is 10.2 Å². The maximum absolute atomic E-state index is 10.7. The minimum atomic E-state index is -0.588. The van der Waals surface area contributed by atoms with Gasteiger partial charge in [0.05, 0.1) is 5.60 Å². The van der Waals surface area contributed by atoms with Crippen LogP contribution in [0.15, 0.2) is 24.3 Å². The molecule has 1 fully saturated rings. The molecule has 0 bridgehead atoms. The van der Waals surface area contributed by atoms with Crippen LogP contribution < -0.4 is 5.32 Å². The summed E-state index contributed by atoms with van der Waals surface area (Å²) in [7, 11) is 0. The van der Waals surface area contributed by atoms with Gasteiger partial charge in [0.1, 0.15) is 5.75 Å². The van der Waals surface area contributed by atoms with Crippen LogP contribution in [0.1, 0.15) is 57.6 Å². The van der Waals surface area contributed by atoms with Crippen LogP contribution in [0, 0.1) is 5.92 Å². The Morgan fingerprint density at radius 3 is 2.80 bits per heavy atom. The van der Waals surface area contributed by atoms with Crippen molar-refractivity contribution in [1.82, 2.24) is 5.32 Å². The molecule has 2 rings (SSSR count). The first-order valence-electron chi connectivity index (χ1n) is 7.78. The van der Waals surface area contributed by atoms with Crippen molar-refractivity contribution >= 4 is 0 Å². The molecule has 3 atom stereocenters. The quantitative estimate of drug-likeness (QED) is 0.773. The SMILES string of the molecule is CCC(NCC1(O)CCCC(C)C1)c1ccccc1O. The van der Waals surface area contributed by atoms with Crippen LogP contribution in [0.5, 0.6) is 5.75 Å². The normalized spacial score (nSPS) is 28.2. The summed E-state index contributed by atoms with van der Waals surface area (Å²) >= 11 is 0.